The second kappa shape index (κ2) is 15.6. The predicted molar refractivity (Wildman–Crippen MR) is 175 cm³/mol. The Hall–Kier alpha value is -3.31. The summed E-state index contributed by atoms with van der Waals surface area (Å²) in [6.07, 6.45) is 2.73. The highest BCUT2D eigenvalue weighted by Gasteiger charge is 2.36. The van der Waals surface area contributed by atoms with Crippen LogP contribution in [0.5, 0.6) is 0 Å². The van der Waals surface area contributed by atoms with Crippen molar-refractivity contribution in [3.05, 3.63) is 70.4 Å². The molecule has 2 aromatic carbocycles. The summed E-state index contributed by atoms with van der Waals surface area (Å²) in [6.45, 7) is 5.16. The van der Waals surface area contributed by atoms with E-state index in [-0.39, 0.29) is 49.9 Å². The van der Waals surface area contributed by atoms with Crippen LogP contribution >= 0.6 is 11.3 Å². The number of hydrogen-bond acceptors (Lipinski definition) is 7. The molecular weight excluding hydrogens is 576 g/mol. The summed E-state index contributed by atoms with van der Waals surface area (Å²) < 4.78 is 5.77. The SMILES string of the molecule is CN(C(=O)COC[C@H]1CCCN1)[C@H](Cc1ccc2ccccc2c1)C(=O)N(C)[C@H](Cc1cccs1)C(=O)NCC(C)(C)CO. The highest BCUT2D eigenvalue weighted by Crippen LogP contribution is 2.21. The molecule has 3 N–H and O–H groups in total. The first kappa shape index (κ1) is 33.6. The molecule has 4 rings (SSSR count). The zero-order chi connectivity index (χ0) is 31.7. The van der Waals surface area contributed by atoms with E-state index in [1.807, 2.05) is 73.8 Å². The Kier molecular flexibility index (Phi) is 11.9. The summed E-state index contributed by atoms with van der Waals surface area (Å²) in [5.41, 5.74) is 0.403. The van der Waals surface area contributed by atoms with E-state index in [9.17, 15) is 19.5 Å². The van der Waals surface area contributed by atoms with E-state index in [0.29, 0.717) is 13.0 Å². The van der Waals surface area contributed by atoms with Gasteiger partial charge in [0.1, 0.15) is 18.7 Å². The van der Waals surface area contributed by atoms with Crippen molar-refractivity contribution in [1.29, 1.82) is 0 Å². The number of nitrogens with zero attached hydrogens (tertiary/aromatic N) is 2. The number of hydrogen-bond donors (Lipinski definition) is 3. The Morgan fingerprint density at radius 1 is 1.05 bits per heavy atom. The molecule has 1 aliphatic heterocycles. The van der Waals surface area contributed by atoms with Crippen molar-refractivity contribution in [3.63, 3.8) is 0 Å². The third-order valence-electron chi connectivity index (χ3n) is 8.36. The quantitative estimate of drug-likeness (QED) is 0.240. The fraction of sp³-hybridized carbons (Fsp3) is 0.500. The number of amides is 3. The van der Waals surface area contributed by atoms with E-state index >= 15 is 0 Å². The van der Waals surface area contributed by atoms with Crippen LogP contribution in [-0.4, -0.2) is 97.8 Å². The maximum absolute atomic E-state index is 14.3. The lowest BCUT2D eigenvalue weighted by atomic mass is 9.94. The van der Waals surface area contributed by atoms with Crippen molar-refractivity contribution >= 4 is 39.8 Å². The summed E-state index contributed by atoms with van der Waals surface area (Å²) in [5, 5.41) is 20.1. The van der Waals surface area contributed by atoms with Crippen molar-refractivity contribution in [2.24, 2.45) is 5.41 Å². The van der Waals surface area contributed by atoms with Crippen LogP contribution in [0.3, 0.4) is 0 Å². The van der Waals surface area contributed by atoms with E-state index in [1.165, 1.54) is 21.1 Å². The molecule has 0 saturated carbocycles. The normalized spacial score (nSPS) is 16.4. The Labute approximate surface area is 264 Å². The maximum Gasteiger partial charge on any atom is 0.249 e. The van der Waals surface area contributed by atoms with Crippen molar-refractivity contribution < 1.29 is 24.2 Å². The van der Waals surface area contributed by atoms with Gasteiger partial charge in [-0.2, -0.15) is 0 Å². The van der Waals surface area contributed by atoms with Crippen LogP contribution in [0.15, 0.2) is 60.0 Å². The average molecular weight is 623 g/mol. The summed E-state index contributed by atoms with van der Waals surface area (Å²) in [4.78, 5) is 45.2. The number of carbonyl (C=O) groups excluding carboxylic acids is 3. The van der Waals surface area contributed by atoms with Gasteiger partial charge in [-0.15, -0.1) is 11.3 Å². The minimum absolute atomic E-state index is 0.0861. The standard InChI is InChI=1S/C34H46N4O5S/c1-34(2,23-39)22-36-32(41)29(19-28-12-8-16-44-28)38(4)33(42)30(18-24-13-14-25-9-5-6-10-26(25)17-24)37(3)31(40)21-43-20-27-11-7-15-35-27/h5-6,8-10,12-14,16-17,27,29-30,35,39H,7,11,15,18-23H2,1-4H3,(H,36,41)/t27-,29-,30-/m1/s1. The molecule has 1 saturated heterocycles. The van der Waals surface area contributed by atoms with Crippen LogP contribution < -0.4 is 10.6 Å². The number of benzene rings is 2. The van der Waals surface area contributed by atoms with Crippen LogP contribution in [0.4, 0.5) is 0 Å². The van der Waals surface area contributed by atoms with Crippen molar-refractivity contribution in [2.75, 3.05) is 47.0 Å². The van der Waals surface area contributed by atoms with Crippen LogP contribution in [-0.2, 0) is 32.0 Å². The monoisotopic (exact) mass is 622 g/mol. The third kappa shape index (κ3) is 9.11. The molecule has 2 heterocycles. The lowest BCUT2D eigenvalue weighted by molar-refractivity contribution is -0.149. The van der Waals surface area contributed by atoms with Crippen molar-refractivity contribution in [2.45, 2.75) is 57.7 Å². The summed E-state index contributed by atoms with van der Waals surface area (Å²) in [6, 6.07) is 16.5. The van der Waals surface area contributed by atoms with Gasteiger partial charge in [-0.3, -0.25) is 14.4 Å². The number of likely N-dealkylation sites (N-methyl/N-ethyl adjacent to an activating group) is 2. The van der Waals surface area contributed by atoms with E-state index < -0.39 is 17.5 Å². The molecule has 1 aromatic heterocycles. The molecule has 44 heavy (non-hydrogen) atoms. The van der Waals surface area contributed by atoms with Gasteiger partial charge >= 0.3 is 0 Å². The maximum atomic E-state index is 14.3. The molecule has 0 aliphatic carbocycles. The molecule has 238 valence electrons. The molecule has 1 fully saturated rings. The van der Waals surface area contributed by atoms with Crippen LogP contribution in [0.1, 0.15) is 37.1 Å². The molecule has 3 aromatic rings. The molecule has 0 spiro atoms. The number of fused-ring (bicyclic) bond motifs is 1. The number of ether oxygens (including phenoxy) is 1. The molecule has 10 heteroatoms. The fourth-order valence-corrected chi connectivity index (χ4v) is 6.10. The number of thiophene rings is 1. The Balaban J connectivity index is 1.57. The molecule has 0 radical (unpaired) electrons. The van der Waals surface area contributed by atoms with Crippen molar-refractivity contribution in [3.8, 4) is 0 Å². The van der Waals surface area contributed by atoms with E-state index in [1.54, 1.807) is 14.1 Å². The number of rotatable bonds is 15. The Bertz CT molecular complexity index is 1390. The molecule has 9 nitrogen and oxygen atoms in total. The Morgan fingerprint density at radius 2 is 1.82 bits per heavy atom. The van der Waals surface area contributed by atoms with Crippen LogP contribution in [0.2, 0.25) is 0 Å². The number of nitrogens with one attached hydrogen (secondary N) is 2. The minimum Gasteiger partial charge on any atom is -0.396 e. The first-order chi connectivity index (χ1) is 21.1. The predicted octanol–water partition coefficient (Wildman–Crippen LogP) is 3.24. The lowest BCUT2D eigenvalue weighted by Gasteiger charge is -2.35. The fourth-order valence-electron chi connectivity index (χ4n) is 5.36. The highest BCUT2D eigenvalue weighted by molar-refractivity contribution is 7.09. The largest absolute Gasteiger partial charge is 0.396 e. The third-order valence-corrected chi connectivity index (χ3v) is 9.26. The summed E-state index contributed by atoms with van der Waals surface area (Å²) in [7, 11) is 3.26. The molecule has 3 atom stereocenters. The summed E-state index contributed by atoms with van der Waals surface area (Å²) >= 11 is 1.52. The zero-order valence-electron chi connectivity index (χ0n) is 26.3. The zero-order valence-corrected chi connectivity index (χ0v) is 27.1. The van der Waals surface area contributed by atoms with Gasteiger partial charge in [0.2, 0.25) is 17.7 Å². The van der Waals surface area contributed by atoms with E-state index in [4.69, 9.17) is 4.74 Å². The average Bonchev–Trinajstić information content (AvgIpc) is 3.75. The van der Waals surface area contributed by atoms with Gasteiger partial charge in [0, 0.05) is 56.4 Å². The smallest absolute Gasteiger partial charge is 0.249 e. The molecule has 0 bridgehead atoms. The number of aliphatic hydroxyl groups excluding tert-OH is 1. The first-order valence-corrected chi connectivity index (χ1v) is 16.2. The molecule has 1 aliphatic rings. The highest BCUT2D eigenvalue weighted by atomic mass is 32.1. The van der Waals surface area contributed by atoms with E-state index in [2.05, 4.69) is 10.6 Å². The number of carbonyl (C=O) groups is 3. The van der Waals surface area contributed by atoms with Gasteiger partial charge in [-0.1, -0.05) is 62.4 Å². The van der Waals surface area contributed by atoms with Crippen LogP contribution in [0.25, 0.3) is 10.8 Å². The van der Waals surface area contributed by atoms with Gasteiger partial charge in [0.25, 0.3) is 0 Å². The van der Waals surface area contributed by atoms with Gasteiger partial charge < -0.3 is 30.3 Å². The van der Waals surface area contributed by atoms with Crippen LogP contribution in [0, 0.1) is 5.41 Å². The Morgan fingerprint density at radius 3 is 2.50 bits per heavy atom. The van der Waals surface area contributed by atoms with Gasteiger partial charge in [-0.25, -0.2) is 0 Å². The van der Waals surface area contributed by atoms with Crippen molar-refractivity contribution in [1.82, 2.24) is 20.4 Å². The minimum atomic E-state index is -0.852. The topological polar surface area (TPSA) is 111 Å². The van der Waals surface area contributed by atoms with Gasteiger partial charge in [0.15, 0.2) is 0 Å². The first-order valence-electron chi connectivity index (χ1n) is 15.3. The van der Waals surface area contributed by atoms with Gasteiger partial charge in [-0.05, 0) is 47.2 Å². The lowest BCUT2D eigenvalue weighted by Crippen LogP contribution is -2.57. The molecular formula is C34H46N4O5S. The molecule has 0 unspecified atom stereocenters. The summed E-state index contributed by atoms with van der Waals surface area (Å²) in [5.74, 6) is -0.925. The second-order valence-corrected chi connectivity index (χ2v) is 13.5. The van der Waals surface area contributed by atoms with E-state index in [0.717, 1.165) is 40.6 Å². The second-order valence-electron chi connectivity index (χ2n) is 12.5. The van der Waals surface area contributed by atoms with Gasteiger partial charge in [0.05, 0.1) is 6.61 Å². The molecule has 3 amide bonds. The number of aliphatic hydroxyl groups is 1.